The van der Waals surface area contributed by atoms with Crippen molar-refractivity contribution in [2.75, 3.05) is 39.3 Å². The monoisotopic (exact) mass is 444 g/mol. The molecule has 1 aliphatic heterocycles. The highest BCUT2D eigenvalue weighted by molar-refractivity contribution is 9.10. The van der Waals surface area contributed by atoms with E-state index in [4.69, 9.17) is 4.42 Å². The molecule has 1 aromatic heterocycles. The number of rotatable bonds is 7. The number of halogens is 2. The topological polar surface area (TPSA) is 19.6 Å². The minimum absolute atomic E-state index is 0.139. The molecule has 2 heterocycles. The molecule has 28 heavy (non-hydrogen) atoms. The molecule has 1 aliphatic rings. The Labute approximate surface area is 174 Å². The lowest BCUT2D eigenvalue weighted by molar-refractivity contribution is 0.132. The molecule has 0 radical (unpaired) electrons. The summed E-state index contributed by atoms with van der Waals surface area (Å²) in [4.78, 5) is 5.04. The molecule has 148 valence electrons. The summed E-state index contributed by atoms with van der Waals surface area (Å²) in [5, 5.41) is 1.22. The lowest BCUT2D eigenvalue weighted by atomic mass is 10.1. The Hall–Kier alpha value is -1.69. The maximum atomic E-state index is 13.3. The highest BCUT2D eigenvalue weighted by Gasteiger charge is 2.16. The van der Waals surface area contributed by atoms with Crippen LogP contribution in [0.15, 0.2) is 57.6 Å². The van der Waals surface area contributed by atoms with E-state index in [2.05, 4.69) is 31.8 Å². The average Bonchev–Trinajstić information content (AvgIpc) is 3.10. The quantitative estimate of drug-likeness (QED) is 0.503. The zero-order chi connectivity index (χ0) is 19.3. The van der Waals surface area contributed by atoms with Crippen molar-refractivity contribution in [2.45, 2.75) is 19.3 Å². The molecule has 0 amide bonds. The van der Waals surface area contributed by atoms with Crippen LogP contribution in [0.1, 0.15) is 17.5 Å². The highest BCUT2D eigenvalue weighted by atomic mass is 79.9. The van der Waals surface area contributed by atoms with Gasteiger partial charge in [0.15, 0.2) is 0 Å². The number of nitrogens with zero attached hydrogens (tertiary/aromatic N) is 2. The summed E-state index contributed by atoms with van der Waals surface area (Å²) in [6, 6.07) is 13.1. The average molecular weight is 445 g/mol. The first-order chi connectivity index (χ1) is 13.7. The Morgan fingerprint density at radius 2 is 1.71 bits per heavy atom. The summed E-state index contributed by atoms with van der Waals surface area (Å²) < 4.78 is 20.0. The van der Waals surface area contributed by atoms with Crippen LogP contribution in [-0.4, -0.2) is 49.1 Å². The number of fused-ring (bicyclic) bond motifs is 1. The van der Waals surface area contributed by atoms with Gasteiger partial charge in [-0.25, -0.2) is 4.39 Å². The molecule has 5 heteroatoms. The molecule has 1 saturated heterocycles. The molecule has 3 aromatic rings. The normalized spacial score (nSPS) is 16.1. The van der Waals surface area contributed by atoms with Gasteiger partial charge in [0.25, 0.3) is 0 Å². The van der Waals surface area contributed by atoms with Crippen molar-refractivity contribution in [3.63, 3.8) is 0 Å². The lowest BCUT2D eigenvalue weighted by Crippen LogP contribution is -2.47. The minimum Gasteiger partial charge on any atom is -0.464 e. The van der Waals surface area contributed by atoms with Crippen LogP contribution < -0.4 is 0 Å². The van der Waals surface area contributed by atoms with Gasteiger partial charge in [-0.3, -0.25) is 0 Å². The lowest BCUT2D eigenvalue weighted by Gasteiger charge is -2.34. The summed E-state index contributed by atoms with van der Waals surface area (Å²) in [5.41, 5.74) is 3.34. The van der Waals surface area contributed by atoms with Gasteiger partial charge in [-0.05, 0) is 67.3 Å². The number of aryl methyl sites for hydroxylation is 1. The first-order valence-electron chi connectivity index (χ1n) is 10.0. The second-order valence-corrected chi connectivity index (χ2v) is 8.48. The molecule has 4 rings (SSSR count). The molecule has 0 aliphatic carbocycles. The van der Waals surface area contributed by atoms with Crippen LogP contribution in [0.2, 0.25) is 0 Å². The predicted octanol–water partition coefficient (Wildman–Crippen LogP) is 5.13. The van der Waals surface area contributed by atoms with E-state index in [-0.39, 0.29) is 5.82 Å². The Bertz CT molecular complexity index is 918. The van der Waals surface area contributed by atoms with E-state index >= 15 is 0 Å². The number of piperazine rings is 1. The summed E-state index contributed by atoms with van der Waals surface area (Å²) in [5.74, 6) is -0.139. The molecule has 0 atom stereocenters. The fourth-order valence-corrected chi connectivity index (χ4v) is 4.32. The largest absolute Gasteiger partial charge is 0.464 e. The number of benzene rings is 2. The maximum Gasteiger partial charge on any atom is 0.134 e. The molecule has 3 nitrogen and oxygen atoms in total. The smallest absolute Gasteiger partial charge is 0.134 e. The van der Waals surface area contributed by atoms with Crippen LogP contribution in [-0.2, 0) is 12.8 Å². The SMILES string of the molecule is Fc1cccc(CCN2CCN(CCCc3coc4ccc(Br)cc34)CC2)c1. The van der Waals surface area contributed by atoms with E-state index in [0.29, 0.717) is 0 Å². The molecule has 0 unspecified atom stereocenters. The number of hydrogen-bond donors (Lipinski definition) is 0. The molecule has 1 fully saturated rings. The van der Waals surface area contributed by atoms with Gasteiger partial charge in [-0.15, -0.1) is 0 Å². The highest BCUT2D eigenvalue weighted by Crippen LogP contribution is 2.25. The first kappa shape index (κ1) is 19.6. The van der Waals surface area contributed by atoms with Crippen LogP contribution in [0.5, 0.6) is 0 Å². The van der Waals surface area contributed by atoms with Gasteiger partial charge in [0.1, 0.15) is 11.4 Å². The molecule has 0 spiro atoms. The maximum absolute atomic E-state index is 13.3. The van der Waals surface area contributed by atoms with Crippen molar-refractivity contribution in [3.8, 4) is 0 Å². The van der Waals surface area contributed by atoms with Crippen molar-refractivity contribution in [1.29, 1.82) is 0 Å². The Morgan fingerprint density at radius 1 is 0.929 bits per heavy atom. The van der Waals surface area contributed by atoms with Gasteiger partial charge in [0.2, 0.25) is 0 Å². The van der Waals surface area contributed by atoms with Crippen molar-refractivity contribution >= 4 is 26.9 Å². The zero-order valence-electron chi connectivity index (χ0n) is 16.0. The Kier molecular flexibility index (Phi) is 6.45. The van der Waals surface area contributed by atoms with Crippen molar-refractivity contribution < 1.29 is 8.81 Å². The summed E-state index contributed by atoms with van der Waals surface area (Å²) in [6.45, 7) is 6.54. The van der Waals surface area contributed by atoms with E-state index in [1.165, 1.54) is 17.0 Å². The third-order valence-corrected chi connectivity index (χ3v) is 6.10. The molecule has 2 aromatic carbocycles. The van der Waals surface area contributed by atoms with Crippen molar-refractivity contribution in [2.24, 2.45) is 0 Å². The van der Waals surface area contributed by atoms with Crippen molar-refractivity contribution in [3.05, 3.63) is 70.1 Å². The second kappa shape index (κ2) is 9.21. The second-order valence-electron chi connectivity index (χ2n) is 7.57. The first-order valence-corrected chi connectivity index (χ1v) is 10.8. The summed E-state index contributed by atoms with van der Waals surface area (Å²) in [6.07, 6.45) is 5.01. The zero-order valence-corrected chi connectivity index (χ0v) is 17.6. The van der Waals surface area contributed by atoms with Gasteiger partial charge in [-0.2, -0.15) is 0 Å². The molecular weight excluding hydrogens is 419 g/mol. The van der Waals surface area contributed by atoms with E-state index in [1.807, 2.05) is 24.5 Å². The van der Waals surface area contributed by atoms with E-state index in [1.54, 1.807) is 12.1 Å². The standard InChI is InChI=1S/C23H26BrFN2O/c24-20-6-7-23-22(16-20)19(17-28-23)4-2-9-26-11-13-27(14-12-26)10-8-18-3-1-5-21(25)15-18/h1,3,5-7,15-17H,2,4,8-14H2. The third kappa shape index (κ3) is 5.02. The fraction of sp³-hybridized carbons (Fsp3) is 0.391. The third-order valence-electron chi connectivity index (χ3n) is 5.61. The van der Waals surface area contributed by atoms with E-state index in [0.717, 1.165) is 74.2 Å². The predicted molar refractivity (Wildman–Crippen MR) is 115 cm³/mol. The van der Waals surface area contributed by atoms with Gasteiger partial charge in [0.05, 0.1) is 6.26 Å². The molecular formula is C23H26BrFN2O. The summed E-state index contributed by atoms with van der Waals surface area (Å²) >= 11 is 3.55. The molecule has 0 N–H and O–H groups in total. The van der Waals surface area contributed by atoms with Crippen LogP contribution in [0.4, 0.5) is 4.39 Å². The van der Waals surface area contributed by atoms with Gasteiger partial charge in [0, 0.05) is 42.6 Å². The Balaban J connectivity index is 1.19. The van der Waals surface area contributed by atoms with Crippen LogP contribution in [0.25, 0.3) is 11.0 Å². The summed E-state index contributed by atoms with van der Waals surface area (Å²) in [7, 11) is 0. The molecule has 0 saturated carbocycles. The van der Waals surface area contributed by atoms with Gasteiger partial charge >= 0.3 is 0 Å². The van der Waals surface area contributed by atoms with E-state index < -0.39 is 0 Å². The van der Waals surface area contributed by atoms with E-state index in [9.17, 15) is 4.39 Å². The molecule has 0 bridgehead atoms. The van der Waals surface area contributed by atoms with Crippen LogP contribution >= 0.6 is 15.9 Å². The fourth-order valence-electron chi connectivity index (χ4n) is 3.96. The number of hydrogen-bond acceptors (Lipinski definition) is 3. The van der Waals surface area contributed by atoms with Crippen LogP contribution in [0, 0.1) is 5.82 Å². The minimum atomic E-state index is -0.139. The van der Waals surface area contributed by atoms with Gasteiger partial charge < -0.3 is 14.2 Å². The Morgan fingerprint density at radius 3 is 2.50 bits per heavy atom. The van der Waals surface area contributed by atoms with Crippen LogP contribution in [0.3, 0.4) is 0 Å². The number of furan rings is 1. The van der Waals surface area contributed by atoms with Crippen molar-refractivity contribution in [1.82, 2.24) is 9.80 Å². The van der Waals surface area contributed by atoms with Gasteiger partial charge in [-0.1, -0.05) is 28.1 Å².